The molecule has 3 heteroatoms. The van der Waals surface area contributed by atoms with Crippen LogP contribution in [0.4, 0.5) is 0 Å². The Kier molecular flexibility index (Phi) is 8.32. The third-order valence-electron chi connectivity index (χ3n) is 4.75. The number of unbranched alkanes of at least 4 members (excludes halogenated alkanes) is 9. The van der Waals surface area contributed by atoms with Crippen molar-refractivity contribution in [1.82, 2.24) is 4.31 Å². The van der Waals surface area contributed by atoms with Crippen LogP contribution in [0.1, 0.15) is 82.3 Å². The molecule has 0 N–H and O–H groups in total. The van der Waals surface area contributed by atoms with Crippen molar-refractivity contribution < 1.29 is 4.21 Å². The zero-order chi connectivity index (χ0) is 16.5. The quantitative estimate of drug-likeness (QED) is 0.471. The van der Waals surface area contributed by atoms with Gasteiger partial charge in [0.1, 0.15) is 11.0 Å². The van der Waals surface area contributed by atoms with Gasteiger partial charge in [0, 0.05) is 13.1 Å². The topological polar surface area (TPSA) is 20.3 Å². The molecule has 0 fully saturated rings. The smallest absolute Gasteiger partial charge is 0.128 e. The fraction of sp³-hybridized carbons (Fsp3) is 0.700. The summed E-state index contributed by atoms with van der Waals surface area (Å²) in [6.07, 6.45) is 13.5. The summed E-state index contributed by atoms with van der Waals surface area (Å²) in [6.45, 7) is 6.17. The number of nitrogens with zero attached hydrogens (tertiary/aromatic N) is 1. The van der Waals surface area contributed by atoms with Crippen LogP contribution in [-0.4, -0.2) is 15.1 Å². The van der Waals surface area contributed by atoms with E-state index in [9.17, 15) is 4.21 Å². The van der Waals surface area contributed by atoms with E-state index in [1.54, 1.807) is 0 Å². The molecule has 0 amide bonds. The van der Waals surface area contributed by atoms with E-state index < -0.39 is 11.0 Å². The second-order valence-corrected chi connectivity index (χ2v) is 8.36. The van der Waals surface area contributed by atoms with Crippen molar-refractivity contribution in [3.8, 4) is 0 Å². The highest BCUT2D eigenvalue weighted by atomic mass is 32.2. The average molecular weight is 336 g/mol. The molecule has 2 rings (SSSR count). The standard InChI is InChI=1S/C20H33NOS/c1-3-4-5-6-7-8-9-10-11-12-15-21-17-19-14-13-18(2)16-20(19)23(21)22/h13-14,16H,3-12,15,17H2,1-2H3. The fourth-order valence-corrected chi connectivity index (χ4v) is 4.75. The molecule has 0 spiro atoms. The number of rotatable bonds is 11. The summed E-state index contributed by atoms with van der Waals surface area (Å²) in [4.78, 5) is 1.04. The van der Waals surface area contributed by atoms with Gasteiger partial charge in [0.2, 0.25) is 0 Å². The Bertz CT molecular complexity index is 500. The third kappa shape index (κ3) is 6.04. The molecule has 1 atom stereocenters. The lowest BCUT2D eigenvalue weighted by atomic mass is 10.1. The number of fused-ring (bicyclic) bond motifs is 1. The van der Waals surface area contributed by atoms with Crippen LogP contribution in [-0.2, 0) is 17.5 Å². The maximum absolute atomic E-state index is 12.5. The van der Waals surface area contributed by atoms with Crippen molar-refractivity contribution in [1.29, 1.82) is 0 Å². The fourth-order valence-electron chi connectivity index (χ4n) is 3.28. The first-order valence-electron chi connectivity index (χ1n) is 9.48. The minimum absolute atomic E-state index is 0.861. The summed E-state index contributed by atoms with van der Waals surface area (Å²) in [5, 5.41) is 0. The maximum atomic E-state index is 12.5. The van der Waals surface area contributed by atoms with Crippen molar-refractivity contribution >= 4 is 11.0 Å². The van der Waals surface area contributed by atoms with Crippen LogP contribution in [0.2, 0.25) is 0 Å². The van der Waals surface area contributed by atoms with Gasteiger partial charge in [-0.15, -0.1) is 0 Å². The molecular formula is C20H33NOS. The Morgan fingerprint density at radius 1 is 0.957 bits per heavy atom. The van der Waals surface area contributed by atoms with E-state index >= 15 is 0 Å². The molecule has 2 nitrogen and oxygen atoms in total. The lowest BCUT2D eigenvalue weighted by molar-refractivity contribution is 0.431. The normalized spacial score (nSPS) is 17.6. The molecule has 1 aliphatic rings. The van der Waals surface area contributed by atoms with Gasteiger partial charge in [-0.1, -0.05) is 76.8 Å². The molecule has 1 aromatic rings. The van der Waals surface area contributed by atoms with Crippen molar-refractivity contribution in [2.45, 2.75) is 89.5 Å². The Labute approximate surface area is 145 Å². The molecule has 0 aliphatic carbocycles. The van der Waals surface area contributed by atoms with Crippen LogP contribution in [0, 0.1) is 6.92 Å². The van der Waals surface area contributed by atoms with Gasteiger partial charge in [-0.05, 0) is 30.5 Å². The van der Waals surface area contributed by atoms with E-state index in [2.05, 4.69) is 36.4 Å². The highest BCUT2D eigenvalue weighted by Crippen LogP contribution is 2.28. The molecule has 1 aromatic carbocycles. The Morgan fingerprint density at radius 2 is 1.57 bits per heavy atom. The van der Waals surface area contributed by atoms with Crippen LogP contribution in [0.5, 0.6) is 0 Å². The Balaban J connectivity index is 1.54. The van der Waals surface area contributed by atoms with Crippen LogP contribution in [0.25, 0.3) is 0 Å². The van der Waals surface area contributed by atoms with Gasteiger partial charge in [0.25, 0.3) is 0 Å². The molecule has 0 saturated carbocycles. The zero-order valence-electron chi connectivity index (χ0n) is 15.0. The summed E-state index contributed by atoms with van der Waals surface area (Å²) >= 11 is 0. The van der Waals surface area contributed by atoms with Crippen molar-refractivity contribution in [3.05, 3.63) is 29.3 Å². The lowest BCUT2D eigenvalue weighted by Crippen LogP contribution is -2.20. The monoisotopic (exact) mass is 335 g/mol. The molecule has 1 aliphatic heterocycles. The number of hydrogen-bond acceptors (Lipinski definition) is 1. The maximum Gasteiger partial charge on any atom is 0.128 e. The molecule has 130 valence electrons. The molecule has 0 saturated heterocycles. The minimum Gasteiger partial charge on any atom is -0.237 e. The molecular weight excluding hydrogens is 302 g/mol. The minimum atomic E-state index is -0.926. The molecule has 0 bridgehead atoms. The van der Waals surface area contributed by atoms with E-state index in [1.807, 2.05) is 0 Å². The Hall–Kier alpha value is -0.670. The summed E-state index contributed by atoms with van der Waals surface area (Å²) < 4.78 is 14.6. The summed E-state index contributed by atoms with van der Waals surface area (Å²) in [6, 6.07) is 6.35. The number of aryl methyl sites for hydroxylation is 1. The van der Waals surface area contributed by atoms with Crippen molar-refractivity contribution in [2.24, 2.45) is 0 Å². The summed E-state index contributed by atoms with van der Waals surface area (Å²) in [5.74, 6) is 0. The van der Waals surface area contributed by atoms with Gasteiger partial charge in [-0.3, -0.25) is 0 Å². The molecule has 0 aromatic heterocycles. The predicted molar refractivity (Wildman–Crippen MR) is 99.8 cm³/mol. The van der Waals surface area contributed by atoms with Gasteiger partial charge < -0.3 is 0 Å². The van der Waals surface area contributed by atoms with Gasteiger partial charge in [0.15, 0.2) is 0 Å². The van der Waals surface area contributed by atoms with E-state index in [1.165, 1.54) is 75.3 Å². The Morgan fingerprint density at radius 3 is 2.22 bits per heavy atom. The zero-order valence-corrected chi connectivity index (χ0v) is 15.8. The summed E-state index contributed by atoms with van der Waals surface area (Å²) in [5.41, 5.74) is 2.46. The lowest BCUT2D eigenvalue weighted by Gasteiger charge is -2.12. The van der Waals surface area contributed by atoms with Gasteiger partial charge >= 0.3 is 0 Å². The molecule has 1 unspecified atom stereocenters. The third-order valence-corrected chi connectivity index (χ3v) is 6.29. The molecule has 23 heavy (non-hydrogen) atoms. The average Bonchev–Trinajstić information content (AvgIpc) is 2.85. The van der Waals surface area contributed by atoms with E-state index in [0.717, 1.165) is 18.0 Å². The van der Waals surface area contributed by atoms with Crippen molar-refractivity contribution in [3.63, 3.8) is 0 Å². The first-order chi connectivity index (χ1) is 11.2. The largest absolute Gasteiger partial charge is 0.237 e. The van der Waals surface area contributed by atoms with Crippen LogP contribution >= 0.6 is 0 Å². The molecule has 0 radical (unpaired) electrons. The number of benzene rings is 1. The summed E-state index contributed by atoms with van der Waals surface area (Å²) in [7, 11) is -0.926. The molecule has 1 heterocycles. The highest BCUT2D eigenvalue weighted by Gasteiger charge is 2.26. The van der Waals surface area contributed by atoms with Gasteiger partial charge in [-0.2, -0.15) is 0 Å². The first-order valence-corrected chi connectivity index (χ1v) is 10.6. The van der Waals surface area contributed by atoms with Crippen LogP contribution < -0.4 is 0 Å². The second-order valence-electron chi connectivity index (χ2n) is 6.91. The number of hydrogen-bond donors (Lipinski definition) is 0. The highest BCUT2D eigenvalue weighted by molar-refractivity contribution is 7.83. The van der Waals surface area contributed by atoms with Crippen LogP contribution in [0.15, 0.2) is 23.1 Å². The SMILES string of the molecule is CCCCCCCCCCCCN1Cc2ccc(C)cc2S1=O. The van der Waals surface area contributed by atoms with Gasteiger partial charge in [-0.25, -0.2) is 8.51 Å². The first kappa shape index (κ1) is 18.7. The van der Waals surface area contributed by atoms with Gasteiger partial charge in [0.05, 0.1) is 4.90 Å². The predicted octanol–water partition coefficient (Wildman–Crippen LogP) is 5.75. The van der Waals surface area contributed by atoms with Crippen LogP contribution in [0.3, 0.4) is 0 Å². The van der Waals surface area contributed by atoms with Crippen molar-refractivity contribution in [2.75, 3.05) is 6.54 Å². The van der Waals surface area contributed by atoms with E-state index in [4.69, 9.17) is 0 Å². The van der Waals surface area contributed by atoms with E-state index in [-0.39, 0.29) is 0 Å². The second kappa shape index (κ2) is 10.2. The van der Waals surface area contributed by atoms with E-state index in [0.29, 0.717) is 0 Å².